The van der Waals surface area contributed by atoms with E-state index in [1.165, 1.54) is 4.88 Å². The third-order valence-corrected chi connectivity index (χ3v) is 6.34. The number of thiophene rings is 2. The monoisotopic (exact) mass is 402 g/mol. The van der Waals surface area contributed by atoms with Crippen LogP contribution in [-0.4, -0.2) is 52.0 Å². The molecule has 4 heterocycles. The number of amides is 1. The van der Waals surface area contributed by atoms with E-state index < -0.39 is 0 Å². The fourth-order valence-corrected chi connectivity index (χ4v) is 4.59. The highest BCUT2D eigenvalue weighted by atomic mass is 32.1. The number of piperazine rings is 1. The number of carbonyl (C=O) groups is 1. The Morgan fingerprint density at radius 1 is 1.19 bits per heavy atom. The quantitative estimate of drug-likeness (QED) is 0.605. The lowest BCUT2D eigenvalue weighted by Crippen LogP contribution is -2.48. The van der Waals surface area contributed by atoms with Crippen molar-refractivity contribution in [2.75, 3.05) is 26.2 Å². The highest BCUT2D eigenvalue weighted by Gasteiger charge is 2.22. The molecule has 27 heavy (non-hydrogen) atoms. The summed E-state index contributed by atoms with van der Waals surface area (Å²) in [6.45, 7) is 3.85. The largest absolute Gasteiger partial charge is 0.340 e. The number of hydrogen-bond donors (Lipinski definition) is 0. The summed E-state index contributed by atoms with van der Waals surface area (Å²) in [7, 11) is 0. The van der Waals surface area contributed by atoms with Gasteiger partial charge in [0.05, 0.1) is 6.54 Å². The first-order valence-electron chi connectivity index (χ1n) is 9.15. The van der Waals surface area contributed by atoms with E-state index in [9.17, 15) is 4.79 Å². The Balaban J connectivity index is 1.20. The third-order valence-electron chi connectivity index (χ3n) is 4.73. The van der Waals surface area contributed by atoms with Crippen molar-refractivity contribution < 1.29 is 9.32 Å². The molecule has 8 heteroatoms. The van der Waals surface area contributed by atoms with Crippen molar-refractivity contribution in [2.24, 2.45) is 0 Å². The van der Waals surface area contributed by atoms with Crippen LogP contribution in [0.25, 0.3) is 11.4 Å². The van der Waals surface area contributed by atoms with Gasteiger partial charge in [-0.3, -0.25) is 9.69 Å². The molecular weight excluding hydrogens is 380 g/mol. The van der Waals surface area contributed by atoms with Gasteiger partial charge in [0.1, 0.15) is 0 Å². The minimum absolute atomic E-state index is 0.267. The highest BCUT2D eigenvalue weighted by molar-refractivity contribution is 7.09. The van der Waals surface area contributed by atoms with Gasteiger partial charge in [-0.05, 0) is 35.7 Å². The molecule has 1 aliphatic rings. The first kappa shape index (κ1) is 18.3. The van der Waals surface area contributed by atoms with E-state index in [0.717, 1.165) is 44.6 Å². The van der Waals surface area contributed by atoms with Crippen LogP contribution in [-0.2, 0) is 17.8 Å². The molecule has 0 N–H and O–H groups in total. The molecule has 4 rings (SSSR count). The zero-order valence-electron chi connectivity index (χ0n) is 15.0. The number of aryl methyl sites for hydroxylation is 1. The standard InChI is InChI=1S/C19H22N4O2S2/c24-18(5-1-3-16-4-2-11-27-16)23-9-7-22(8-10-23)13-17-20-19(21-25-17)15-6-12-26-14-15/h2,4,6,11-12,14H,1,3,5,7-10,13H2. The molecule has 0 atom stereocenters. The topological polar surface area (TPSA) is 62.5 Å². The van der Waals surface area contributed by atoms with Gasteiger partial charge in [-0.1, -0.05) is 11.2 Å². The summed E-state index contributed by atoms with van der Waals surface area (Å²) in [6, 6.07) is 6.19. The lowest BCUT2D eigenvalue weighted by atomic mass is 10.2. The van der Waals surface area contributed by atoms with Gasteiger partial charge in [0, 0.05) is 48.4 Å². The Morgan fingerprint density at radius 3 is 2.81 bits per heavy atom. The third kappa shape index (κ3) is 4.82. The first-order chi connectivity index (χ1) is 13.3. The molecule has 0 aromatic carbocycles. The summed E-state index contributed by atoms with van der Waals surface area (Å²) in [5, 5.41) is 10.2. The number of nitrogens with zero attached hydrogens (tertiary/aromatic N) is 4. The minimum atomic E-state index is 0.267. The van der Waals surface area contributed by atoms with Crippen LogP contribution in [0.15, 0.2) is 38.9 Å². The zero-order chi connectivity index (χ0) is 18.5. The predicted molar refractivity (Wildman–Crippen MR) is 107 cm³/mol. The predicted octanol–water partition coefficient (Wildman–Crippen LogP) is 3.53. The van der Waals surface area contributed by atoms with Crippen molar-refractivity contribution >= 4 is 28.6 Å². The van der Waals surface area contributed by atoms with Gasteiger partial charge in [0.2, 0.25) is 17.6 Å². The van der Waals surface area contributed by atoms with Gasteiger partial charge >= 0.3 is 0 Å². The average Bonchev–Trinajstić information content (AvgIpc) is 3.44. The Morgan fingerprint density at radius 2 is 2.07 bits per heavy atom. The average molecular weight is 403 g/mol. The van der Waals surface area contributed by atoms with Gasteiger partial charge in [-0.15, -0.1) is 11.3 Å². The molecular formula is C19H22N4O2S2. The SMILES string of the molecule is O=C(CCCc1cccs1)N1CCN(Cc2nc(-c3ccsc3)no2)CC1. The fourth-order valence-electron chi connectivity index (χ4n) is 3.20. The van der Waals surface area contributed by atoms with Crippen molar-refractivity contribution in [3.8, 4) is 11.4 Å². The van der Waals surface area contributed by atoms with E-state index >= 15 is 0 Å². The minimum Gasteiger partial charge on any atom is -0.340 e. The van der Waals surface area contributed by atoms with Crippen LogP contribution >= 0.6 is 22.7 Å². The molecule has 3 aromatic rings. The number of rotatable bonds is 7. The lowest BCUT2D eigenvalue weighted by molar-refractivity contribution is -0.133. The molecule has 0 bridgehead atoms. The molecule has 0 saturated carbocycles. The second-order valence-electron chi connectivity index (χ2n) is 6.61. The van der Waals surface area contributed by atoms with Crippen LogP contribution in [0.5, 0.6) is 0 Å². The first-order valence-corrected chi connectivity index (χ1v) is 11.0. The summed E-state index contributed by atoms with van der Waals surface area (Å²) in [4.78, 5) is 22.5. The van der Waals surface area contributed by atoms with Gasteiger partial charge in [-0.25, -0.2) is 0 Å². The molecule has 3 aromatic heterocycles. The van der Waals surface area contributed by atoms with Crippen LogP contribution in [0.2, 0.25) is 0 Å². The summed E-state index contributed by atoms with van der Waals surface area (Å²) in [5.41, 5.74) is 0.993. The molecule has 0 aliphatic carbocycles. The van der Waals surface area contributed by atoms with Crippen molar-refractivity contribution in [3.05, 3.63) is 45.1 Å². The van der Waals surface area contributed by atoms with Gasteiger partial charge < -0.3 is 9.42 Å². The van der Waals surface area contributed by atoms with Crippen LogP contribution in [0.3, 0.4) is 0 Å². The molecule has 6 nitrogen and oxygen atoms in total. The Labute approximate surface area is 166 Å². The van der Waals surface area contributed by atoms with Crippen LogP contribution < -0.4 is 0 Å². The van der Waals surface area contributed by atoms with Crippen molar-refractivity contribution in [3.63, 3.8) is 0 Å². The summed E-state index contributed by atoms with van der Waals surface area (Å²) < 4.78 is 5.38. The van der Waals surface area contributed by atoms with Crippen LogP contribution in [0.1, 0.15) is 23.6 Å². The molecule has 0 spiro atoms. The van der Waals surface area contributed by atoms with Crippen LogP contribution in [0.4, 0.5) is 0 Å². The van der Waals surface area contributed by atoms with Crippen LogP contribution in [0, 0.1) is 0 Å². The summed E-state index contributed by atoms with van der Waals surface area (Å²) in [5.74, 6) is 1.54. The van der Waals surface area contributed by atoms with Crippen molar-refractivity contribution in [1.29, 1.82) is 0 Å². The number of carbonyl (C=O) groups excluding carboxylic acids is 1. The maximum atomic E-state index is 12.4. The molecule has 142 valence electrons. The number of hydrogen-bond acceptors (Lipinski definition) is 7. The Kier molecular flexibility index (Phi) is 5.96. The molecule has 0 unspecified atom stereocenters. The molecule has 1 saturated heterocycles. The molecule has 1 fully saturated rings. The second kappa shape index (κ2) is 8.77. The van der Waals surface area contributed by atoms with E-state index in [4.69, 9.17) is 4.52 Å². The van der Waals surface area contributed by atoms with E-state index in [1.807, 2.05) is 21.7 Å². The van der Waals surface area contributed by atoms with Gasteiger partial charge in [0.15, 0.2) is 0 Å². The fraction of sp³-hybridized carbons (Fsp3) is 0.421. The molecule has 1 amide bonds. The normalized spacial score (nSPS) is 15.3. The maximum absolute atomic E-state index is 12.4. The Hall–Kier alpha value is -2.03. The smallest absolute Gasteiger partial charge is 0.241 e. The van der Waals surface area contributed by atoms with Gasteiger partial charge in [-0.2, -0.15) is 16.3 Å². The molecule has 0 radical (unpaired) electrons. The Bertz CT molecular complexity index is 837. The lowest BCUT2D eigenvalue weighted by Gasteiger charge is -2.34. The zero-order valence-corrected chi connectivity index (χ0v) is 16.7. The van der Waals surface area contributed by atoms with Crippen molar-refractivity contribution in [1.82, 2.24) is 19.9 Å². The molecule has 1 aliphatic heterocycles. The van der Waals surface area contributed by atoms with Crippen molar-refractivity contribution in [2.45, 2.75) is 25.8 Å². The van der Waals surface area contributed by atoms with E-state index in [-0.39, 0.29) is 5.91 Å². The maximum Gasteiger partial charge on any atom is 0.241 e. The van der Waals surface area contributed by atoms with E-state index in [1.54, 1.807) is 22.7 Å². The second-order valence-corrected chi connectivity index (χ2v) is 8.43. The highest BCUT2D eigenvalue weighted by Crippen LogP contribution is 2.19. The van der Waals surface area contributed by atoms with Gasteiger partial charge in [0.25, 0.3) is 0 Å². The van der Waals surface area contributed by atoms with E-state index in [0.29, 0.717) is 24.7 Å². The summed E-state index contributed by atoms with van der Waals surface area (Å²) >= 11 is 3.38. The number of aromatic nitrogens is 2. The summed E-state index contributed by atoms with van der Waals surface area (Å²) in [6.07, 6.45) is 2.55. The van der Waals surface area contributed by atoms with E-state index in [2.05, 4.69) is 32.6 Å².